The van der Waals surface area contributed by atoms with Crippen LogP contribution in [0.4, 0.5) is 45.8 Å². The molecule has 0 bridgehead atoms. The summed E-state index contributed by atoms with van der Waals surface area (Å²) in [5.74, 6) is 7.99. The lowest BCUT2D eigenvalue weighted by atomic mass is 10.2. The van der Waals surface area contributed by atoms with Gasteiger partial charge in [0.1, 0.15) is 27.9 Å². The second kappa shape index (κ2) is 37.8. The summed E-state index contributed by atoms with van der Waals surface area (Å²) in [5.41, 5.74) is 44.7. The highest BCUT2D eigenvalue weighted by Gasteiger charge is 2.24. The summed E-state index contributed by atoms with van der Waals surface area (Å²) in [6.07, 6.45) is 20.5. The molecule has 604 valence electrons. The number of hydrogen-bond acceptors (Lipinski definition) is 30. The van der Waals surface area contributed by atoms with Gasteiger partial charge in [0.2, 0.25) is 23.3 Å². The van der Waals surface area contributed by atoms with Crippen molar-refractivity contribution in [1.82, 2.24) is 88.5 Å². The topological polar surface area (TPSA) is 444 Å². The number of aromatic nitrogens is 18. The van der Waals surface area contributed by atoms with E-state index in [0.717, 1.165) is 157 Å². The maximum Gasteiger partial charge on any atom is 0.259 e. The Morgan fingerprint density at radius 3 is 1.45 bits per heavy atom. The first kappa shape index (κ1) is 82.0. The number of rotatable bonds is 6. The normalized spacial score (nSPS) is 11.8. The molecule has 0 unspecified atom stereocenters. The Morgan fingerprint density at radius 1 is 0.345 bits per heavy atom. The number of pyridine rings is 6. The van der Waals surface area contributed by atoms with Gasteiger partial charge >= 0.3 is 0 Å². The maximum absolute atomic E-state index is 5.70. The van der Waals surface area contributed by atoms with Crippen LogP contribution in [0.1, 0.15) is 27.8 Å². The third-order valence-electron chi connectivity index (χ3n) is 18.3. The van der Waals surface area contributed by atoms with Crippen molar-refractivity contribution in [3.8, 4) is 58.0 Å². The number of aryl methyl sites for hydroxylation is 8. The SMILES string of the molecule is COc1ccc(C)c2c1OCN2.COc1cccc2c1OCN2C.COc1ncc(C)c2c1OCN2.COc1ncc(C)c2nc[nH]c12.COc1nccc2c1OCN2C.COc1nccc2c1ncn2C.Cc1ccc(N)c2[nH]cnc12.Cc1cnc(N)c2[nH]cnc12.Cn1cnc2c(N)cccc21.Cn1cnc2c(N)nccc21. The number of hydrogen-bond donors (Lipinski definition) is 9. The van der Waals surface area contributed by atoms with Gasteiger partial charge in [-0.05, 0) is 117 Å². The van der Waals surface area contributed by atoms with Crippen LogP contribution in [0.5, 0.6) is 58.0 Å². The molecule has 116 heavy (non-hydrogen) atoms. The summed E-state index contributed by atoms with van der Waals surface area (Å²) >= 11 is 0. The fraction of sp³-hybridized carbons (Fsp3) is 0.250. The zero-order valence-corrected chi connectivity index (χ0v) is 67.3. The molecule has 4 aliphatic heterocycles. The molecule has 20 rings (SSSR count). The molecule has 0 radical (unpaired) electrons. The van der Waals surface area contributed by atoms with Gasteiger partial charge in [-0.15, -0.1) is 0 Å². The summed E-state index contributed by atoms with van der Waals surface area (Å²) in [5, 5.41) is 6.24. The monoisotopic (exact) mass is 1580 g/mol. The zero-order chi connectivity index (χ0) is 82.7. The third-order valence-corrected chi connectivity index (χ3v) is 18.3. The van der Waals surface area contributed by atoms with Crippen LogP contribution < -0.4 is 90.7 Å². The minimum absolute atomic E-state index is 0.489. The molecule has 16 aromatic rings. The number of nitrogens with two attached hydrogens (primary N) is 4. The van der Waals surface area contributed by atoms with E-state index in [0.29, 0.717) is 62.1 Å². The van der Waals surface area contributed by atoms with Crippen LogP contribution >= 0.6 is 0 Å². The number of methoxy groups -OCH3 is 6. The van der Waals surface area contributed by atoms with Gasteiger partial charge in [-0.2, -0.15) is 0 Å². The van der Waals surface area contributed by atoms with Crippen molar-refractivity contribution in [2.75, 3.05) is 127 Å². The minimum Gasteiger partial charge on any atom is -0.493 e. The number of H-pyrrole nitrogens is 3. The Bertz CT molecular complexity index is 5610. The molecule has 0 saturated carbocycles. The molecule has 36 heteroatoms. The summed E-state index contributed by atoms with van der Waals surface area (Å²) in [4.78, 5) is 61.9. The summed E-state index contributed by atoms with van der Waals surface area (Å²) in [7, 11) is 19.4. The number of ether oxygens (including phenoxy) is 10. The van der Waals surface area contributed by atoms with Gasteiger partial charge in [0, 0.05) is 72.4 Å². The van der Waals surface area contributed by atoms with Crippen molar-refractivity contribution in [1.29, 1.82) is 0 Å². The van der Waals surface area contributed by atoms with E-state index in [9.17, 15) is 0 Å². The molecule has 16 heterocycles. The smallest absolute Gasteiger partial charge is 0.259 e. The molecular formula is C80H94N26O10. The summed E-state index contributed by atoms with van der Waals surface area (Å²) in [6.45, 7) is 12.2. The highest BCUT2D eigenvalue weighted by atomic mass is 16.5. The summed E-state index contributed by atoms with van der Waals surface area (Å²) < 4.78 is 57.8. The van der Waals surface area contributed by atoms with Crippen molar-refractivity contribution >= 4 is 112 Å². The van der Waals surface area contributed by atoms with Gasteiger partial charge in [0.05, 0.1) is 153 Å². The third kappa shape index (κ3) is 18.5. The molecule has 36 nitrogen and oxygen atoms in total. The predicted molar refractivity (Wildman–Crippen MR) is 450 cm³/mol. The van der Waals surface area contributed by atoms with E-state index in [4.69, 9.17) is 70.3 Å². The van der Waals surface area contributed by atoms with E-state index in [1.54, 1.807) is 118 Å². The quantitative estimate of drug-likeness (QED) is 0.0698. The largest absolute Gasteiger partial charge is 0.493 e. The number of anilines is 8. The number of nitrogens with zero attached hydrogens (tertiary/aromatic N) is 17. The van der Waals surface area contributed by atoms with Crippen LogP contribution in [-0.2, 0) is 21.1 Å². The number of benzene rings is 4. The van der Waals surface area contributed by atoms with E-state index in [-0.39, 0.29) is 0 Å². The molecule has 0 spiro atoms. The Hall–Kier alpha value is -15.0. The highest BCUT2D eigenvalue weighted by Crippen LogP contribution is 2.43. The fourth-order valence-electron chi connectivity index (χ4n) is 12.1. The van der Waals surface area contributed by atoms with E-state index >= 15 is 0 Å². The Kier molecular flexibility index (Phi) is 26.7. The van der Waals surface area contributed by atoms with Crippen LogP contribution in [0.25, 0.3) is 66.2 Å². The number of nitrogens with one attached hydrogen (secondary N) is 5. The zero-order valence-electron chi connectivity index (χ0n) is 67.3. The van der Waals surface area contributed by atoms with Gasteiger partial charge in [0.15, 0.2) is 61.3 Å². The number of imidazole rings is 6. The molecule has 4 aromatic carbocycles. The number of fused-ring (bicyclic) bond motifs is 10. The average molecular weight is 1580 g/mol. The Balaban J connectivity index is 0.000000127. The van der Waals surface area contributed by atoms with Gasteiger partial charge in [-0.25, -0.2) is 59.8 Å². The molecular weight excluding hydrogens is 1490 g/mol. The first-order chi connectivity index (χ1) is 56.1. The highest BCUT2D eigenvalue weighted by molar-refractivity contribution is 5.90. The molecule has 0 amide bonds. The number of nitrogen functional groups attached to an aromatic ring is 4. The Morgan fingerprint density at radius 2 is 0.828 bits per heavy atom. The molecule has 0 aliphatic carbocycles. The van der Waals surface area contributed by atoms with Crippen molar-refractivity contribution in [3.63, 3.8) is 0 Å². The first-order valence-electron chi connectivity index (χ1n) is 36.0. The fourth-order valence-corrected chi connectivity index (χ4v) is 12.1. The molecule has 0 atom stereocenters. The van der Waals surface area contributed by atoms with Crippen LogP contribution in [0.2, 0.25) is 0 Å². The lowest BCUT2D eigenvalue weighted by molar-refractivity contribution is 0.317. The lowest BCUT2D eigenvalue weighted by Crippen LogP contribution is -2.14. The Labute approximate surface area is 667 Å². The van der Waals surface area contributed by atoms with Gasteiger partial charge < -0.3 is 119 Å². The molecule has 4 aliphatic rings. The van der Waals surface area contributed by atoms with Crippen molar-refractivity contribution in [3.05, 3.63) is 182 Å². The summed E-state index contributed by atoms with van der Waals surface area (Å²) in [6, 6.07) is 25.2. The van der Waals surface area contributed by atoms with Crippen molar-refractivity contribution in [2.24, 2.45) is 21.1 Å². The van der Waals surface area contributed by atoms with Crippen LogP contribution in [0.3, 0.4) is 0 Å². The first-order valence-corrected chi connectivity index (χ1v) is 36.0. The molecule has 0 saturated heterocycles. The van der Waals surface area contributed by atoms with Crippen LogP contribution in [0, 0.1) is 34.6 Å². The van der Waals surface area contributed by atoms with Crippen molar-refractivity contribution in [2.45, 2.75) is 34.6 Å². The van der Waals surface area contributed by atoms with Crippen LogP contribution in [0.15, 0.2) is 154 Å². The average Bonchev–Trinajstić information content (AvgIpc) is 1.76. The second-order valence-corrected chi connectivity index (χ2v) is 26.0. The van der Waals surface area contributed by atoms with E-state index in [2.05, 4.69) is 85.4 Å². The molecule has 12 aromatic heterocycles. The van der Waals surface area contributed by atoms with E-state index < -0.39 is 0 Å². The predicted octanol–water partition coefficient (Wildman–Crippen LogP) is 11.5. The second-order valence-electron chi connectivity index (χ2n) is 26.0. The lowest BCUT2D eigenvalue weighted by Gasteiger charge is -2.07. The standard InChI is InChI=1S/2C9H11NO2.2C8H9N3O.2C8H9N3.2C8H10N2O2.2C7H8N4/c1-6-3-4-7(11-2)9-8(6)10-5-12-9;1-10-6-12-9-7(10)4-3-5-8(9)11-2;1-5-3-9-8(12-2)7-6(5)10-4-11-7;1-11-5-10-7-6(11)3-4-9-8(7)12-2;1-5-2-3-6(9)8-7(5)10-4-11-8;1-11-5-10-8-6(9)3-2-4-7(8)11;1-5-3-9-8(11-2)7-6(5)10-4-12-7;1-10-5-12-7-6(10)3-4-9-8(7)11-2;1-4-2-9-7(8)6-5(4)10-3-11-6;1-11-4-10-6-5(11)2-3-9-7(6)8/h3-4,10H,5H2,1-2H3;3-5H,6H2,1-2H3;3-4H,1-2H3,(H,10,11);3-5H,1-2H3;2-4H,9H2,1H3,(H,10,11);2-5H,9H2,1H3;3,10H,4H2,1-2H3;3-4H,5H2,1-2H3;2-3H,1H3,(H2,8,9)(H,10,11);2-4H,1H3,(H2,8,9). The van der Waals surface area contributed by atoms with Gasteiger partial charge in [0.25, 0.3) is 11.8 Å². The van der Waals surface area contributed by atoms with Crippen LogP contribution in [-0.4, -0.2) is 172 Å². The minimum atomic E-state index is 0.489. The molecule has 13 N–H and O–H groups in total. The maximum atomic E-state index is 5.70. The number of para-hydroxylation sites is 2. The van der Waals surface area contributed by atoms with Gasteiger partial charge in [-0.1, -0.05) is 24.3 Å². The van der Waals surface area contributed by atoms with E-state index in [1.807, 2.05) is 172 Å². The van der Waals surface area contributed by atoms with Gasteiger partial charge in [-0.3, -0.25) is 0 Å². The number of aromatic amines is 3. The van der Waals surface area contributed by atoms with E-state index in [1.165, 1.54) is 5.56 Å². The van der Waals surface area contributed by atoms with Crippen molar-refractivity contribution < 1.29 is 47.4 Å². The molecule has 0 fully saturated rings.